The number of amides is 1. The summed E-state index contributed by atoms with van der Waals surface area (Å²) in [6.07, 6.45) is 0. The molecule has 35 heavy (non-hydrogen) atoms. The Labute approximate surface area is 204 Å². The number of benzene rings is 2. The summed E-state index contributed by atoms with van der Waals surface area (Å²) < 4.78 is 6.65. The molecule has 1 aliphatic heterocycles. The van der Waals surface area contributed by atoms with E-state index in [0.29, 0.717) is 19.7 Å². The molecule has 2 aromatic carbocycles. The van der Waals surface area contributed by atoms with Crippen molar-refractivity contribution >= 4 is 44.0 Å². The van der Waals surface area contributed by atoms with E-state index < -0.39 is 27.1 Å². The van der Waals surface area contributed by atoms with Crippen LogP contribution >= 0.6 is 11.3 Å². The summed E-state index contributed by atoms with van der Waals surface area (Å²) in [5.41, 5.74) is -0.159. The lowest BCUT2D eigenvalue weighted by atomic mass is 10.1. The average Bonchev–Trinajstić information content (AvgIpc) is 3.27. The molecule has 4 rings (SSSR count). The standard InChI is InChI=1S/C22H24N6O6S/c1-2-34-18-3-4-19-20(14-18)35-22(24-19)26-9-7-25(8-10-26)6-5-23-21(29)15-11-16(27(30)31)13-17(12-15)28(32)33/h3-4,11-14H,2,5-10H2,1H3,(H,23,29). The van der Waals surface area contributed by atoms with Crippen LogP contribution in [0.2, 0.25) is 0 Å². The first-order valence-corrected chi connectivity index (χ1v) is 11.9. The second-order valence-electron chi connectivity index (χ2n) is 7.90. The molecule has 1 N–H and O–H groups in total. The molecule has 0 saturated carbocycles. The summed E-state index contributed by atoms with van der Waals surface area (Å²) in [5.74, 6) is 0.248. The van der Waals surface area contributed by atoms with E-state index in [-0.39, 0.29) is 5.56 Å². The van der Waals surface area contributed by atoms with Gasteiger partial charge in [0.2, 0.25) is 0 Å². The van der Waals surface area contributed by atoms with Gasteiger partial charge in [0.25, 0.3) is 17.3 Å². The first-order valence-electron chi connectivity index (χ1n) is 11.1. The second kappa shape index (κ2) is 10.6. The zero-order valence-corrected chi connectivity index (χ0v) is 19.8. The molecule has 0 radical (unpaired) electrons. The Morgan fingerprint density at radius 1 is 1.09 bits per heavy atom. The lowest BCUT2D eigenvalue weighted by molar-refractivity contribution is -0.394. The van der Waals surface area contributed by atoms with Crippen LogP contribution in [0.25, 0.3) is 10.2 Å². The maximum atomic E-state index is 12.4. The lowest BCUT2D eigenvalue weighted by Crippen LogP contribution is -2.48. The van der Waals surface area contributed by atoms with Crippen LogP contribution in [0.4, 0.5) is 16.5 Å². The van der Waals surface area contributed by atoms with Crippen molar-refractivity contribution < 1.29 is 19.4 Å². The number of hydrogen-bond acceptors (Lipinski definition) is 10. The number of carbonyl (C=O) groups excluding carboxylic acids is 1. The minimum atomic E-state index is -0.757. The summed E-state index contributed by atoms with van der Waals surface area (Å²) in [6, 6.07) is 8.81. The molecule has 1 fully saturated rings. The van der Waals surface area contributed by atoms with Crippen LogP contribution in [0.5, 0.6) is 5.75 Å². The van der Waals surface area contributed by atoms with Crippen molar-refractivity contribution in [1.29, 1.82) is 0 Å². The molecule has 0 spiro atoms. The molecular weight excluding hydrogens is 476 g/mol. The van der Waals surface area contributed by atoms with Crippen LogP contribution in [-0.4, -0.2) is 71.5 Å². The number of piperazine rings is 1. The molecule has 0 atom stereocenters. The molecule has 1 amide bonds. The lowest BCUT2D eigenvalue weighted by Gasteiger charge is -2.34. The summed E-state index contributed by atoms with van der Waals surface area (Å²) in [7, 11) is 0. The SMILES string of the molecule is CCOc1ccc2nc(N3CCN(CCNC(=O)c4cc([N+](=O)[O-])cc([N+](=O)[O-])c4)CC3)sc2c1. The fourth-order valence-electron chi connectivity index (χ4n) is 3.81. The van der Waals surface area contributed by atoms with E-state index in [1.807, 2.05) is 25.1 Å². The maximum Gasteiger partial charge on any atom is 0.277 e. The Hall–Kier alpha value is -3.84. The number of non-ortho nitro benzene ring substituents is 2. The first kappa shape index (κ1) is 24.3. The molecule has 1 aromatic heterocycles. The second-order valence-corrected chi connectivity index (χ2v) is 8.90. The van der Waals surface area contributed by atoms with Crippen molar-refractivity contribution in [3.05, 3.63) is 62.2 Å². The molecule has 1 aliphatic rings. The third kappa shape index (κ3) is 5.81. The van der Waals surface area contributed by atoms with Crippen molar-refractivity contribution in [2.75, 3.05) is 50.8 Å². The smallest absolute Gasteiger partial charge is 0.277 e. The van der Waals surface area contributed by atoms with Crippen molar-refractivity contribution in [2.24, 2.45) is 0 Å². The van der Waals surface area contributed by atoms with Crippen molar-refractivity contribution in [1.82, 2.24) is 15.2 Å². The first-order chi connectivity index (χ1) is 16.8. The number of anilines is 1. The maximum absolute atomic E-state index is 12.4. The highest BCUT2D eigenvalue weighted by Gasteiger charge is 2.22. The fraction of sp³-hybridized carbons (Fsp3) is 0.364. The third-order valence-corrected chi connectivity index (χ3v) is 6.68. The van der Waals surface area contributed by atoms with E-state index >= 15 is 0 Å². The summed E-state index contributed by atoms with van der Waals surface area (Å²) >= 11 is 1.63. The van der Waals surface area contributed by atoms with Gasteiger partial charge >= 0.3 is 0 Å². The number of nitrogens with zero attached hydrogens (tertiary/aromatic N) is 5. The van der Waals surface area contributed by atoms with Gasteiger partial charge in [-0.15, -0.1) is 0 Å². The quantitative estimate of drug-likeness (QED) is 0.346. The van der Waals surface area contributed by atoms with Gasteiger partial charge in [-0.2, -0.15) is 0 Å². The monoisotopic (exact) mass is 500 g/mol. The Morgan fingerprint density at radius 2 is 1.77 bits per heavy atom. The van der Waals surface area contributed by atoms with Gasteiger partial charge in [0.15, 0.2) is 5.13 Å². The Morgan fingerprint density at radius 3 is 2.40 bits per heavy atom. The summed E-state index contributed by atoms with van der Waals surface area (Å²) in [5, 5.41) is 25.7. The molecule has 13 heteroatoms. The predicted octanol–water partition coefficient (Wildman–Crippen LogP) is 3.06. The number of hydrogen-bond donors (Lipinski definition) is 1. The zero-order valence-electron chi connectivity index (χ0n) is 19.0. The van der Waals surface area contributed by atoms with Crippen LogP contribution in [0.15, 0.2) is 36.4 Å². The van der Waals surface area contributed by atoms with Gasteiger partial charge in [0.05, 0.1) is 38.3 Å². The number of thiazole rings is 1. The van der Waals surface area contributed by atoms with Gasteiger partial charge in [0, 0.05) is 51.4 Å². The molecule has 0 unspecified atom stereocenters. The summed E-state index contributed by atoms with van der Waals surface area (Å²) in [6.45, 7) is 6.64. The Kier molecular flexibility index (Phi) is 7.36. The molecular formula is C22H24N6O6S. The van der Waals surface area contributed by atoms with Gasteiger partial charge < -0.3 is 15.0 Å². The van der Waals surface area contributed by atoms with Crippen LogP contribution in [0, 0.1) is 20.2 Å². The normalized spacial score (nSPS) is 14.1. The highest BCUT2D eigenvalue weighted by Crippen LogP contribution is 2.32. The molecule has 2 heterocycles. The predicted molar refractivity (Wildman–Crippen MR) is 132 cm³/mol. The minimum Gasteiger partial charge on any atom is -0.494 e. The number of carbonyl (C=O) groups is 1. The van der Waals surface area contributed by atoms with Crippen LogP contribution in [0.1, 0.15) is 17.3 Å². The zero-order chi connectivity index (χ0) is 24.9. The number of ether oxygens (including phenoxy) is 1. The number of rotatable bonds is 9. The van der Waals surface area contributed by atoms with Gasteiger partial charge in [0.1, 0.15) is 5.75 Å². The number of fused-ring (bicyclic) bond motifs is 1. The van der Waals surface area contributed by atoms with E-state index in [2.05, 4.69) is 15.1 Å². The highest BCUT2D eigenvalue weighted by molar-refractivity contribution is 7.22. The Balaban J connectivity index is 1.28. The van der Waals surface area contributed by atoms with Crippen molar-refractivity contribution in [2.45, 2.75) is 6.92 Å². The van der Waals surface area contributed by atoms with Gasteiger partial charge in [-0.1, -0.05) is 11.3 Å². The number of nitrogens with one attached hydrogen (secondary N) is 1. The topological polar surface area (TPSA) is 144 Å². The number of nitro benzene ring substituents is 2. The molecule has 184 valence electrons. The van der Waals surface area contributed by atoms with E-state index in [1.165, 1.54) is 0 Å². The van der Waals surface area contributed by atoms with Gasteiger partial charge in [-0.3, -0.25) is 29.9 Å². The minimum absolute atomic E-state index is 0.112. The van der Waals surface area contributed by atoms with E-state index in [1.54, 1.807) is 11.3 Å². The van der Waals surface area contributed by atoms with Crippen LogP contribution < -0.4 is 15.0 Å². The van der Waals surface area contributed by atoms with Crippen LogP contribution in [0.3, 0.4) is 0 Å². The van der Waals surface area contributed by atoms with E-state index in [0.717, 1.165) is 65.5 Å². The molecule has 1 saturated heterocycles. The van der Waals surface area contributed by atoms with Gasteiger partial charge in [-0.25, -0.2) is 4.98 Å². The average molecular weight is 501 g/mol. The molecule has 3 aromatic rings. The van der Waals surface area contributed by atoms with Crippen molar-refractivity contribution in [3.63, 3.8) is 0 Å². The Bertz CT molecular complexity index is 1220. The summed E-state index contributed by atoms with van der Waals surface area (Å²) in [4.78, 5) is 42.1. The molecule has 0 bridgehead atoms. The molecule has 0 aliphatic carbocycles. The molecule has 12 nitrogen and oxygen atoms in total. The third-order valence-electron chi connectivity index (χ3n) is 5.60. The number of aromatic nitrogens is 1. The fourth-order valence-corrected chi connectivity index (χ4v) is 4.86. The highest BCUT2D eigenvalue weighted by atomic mass is 32.1. The van der Waals surface area contributed by atoms with Crippen LogP contribution in [-0.2, 0) is 0 Å². The van der Waals surface area contributed by atoms with E-state index in [9.17, 15) is 25.0 Å². The van der Waals surface area contributed by atoms with Gasteiger partial charge in [-0.05, 0) is 25.1 Å². The number of nitro groups is 2. The van der Waals surface area contributed by atoms with Crippen molar-refractivity contribution in [3.8, 4) is 5.75 Å². The largest absolute Gasteiger partial charge is 0.494 e. The van der Waals surface area contributed by atoms with E-state index in [4.69, 9.17) is 9.72 Å².